The molecule has 1 saturated carbocycles. The second-order valence-corrected chi connectivity index (χ2v) is 5.90. The van der Waals surface area contributed by atoms with Crippen molar-refractivity contribution in [2.24, 2.45) is 11.3 Å². The highest BCUT2D eigenvalue weighted by molar-refractivity contribution is 5.58. The Labute approximate surface area is 110 Å². The van der Waals surface area contributed by atoms with Gasteiger partial charge in [-0.1, -0.05) is 30.0 Å². The molecular formula is C18H20. The van der Waals surface area contributed by atoms with E-state index in [1.807, 2.05) is 18.2 Å². The van der Waals surface area contributed by atoms with E-state index in [1.165, 1.54) is 12.8 Å². The second-order valence-electron chi connectivity index (χ2n) is 5.90. The lowest BCUT2D eigenvalue weighted by Gasteiger charge is -2.07. The zero-order valence-electron chi connectivity index (χ0n) is 11.5. The van der Waals surface area contributed by atoms with Crippen molar-refractivity contribution in [3.05, 3.63) is 47.2 Å². The highest BCUT2D eigenvalue weighted by Gasteiger charge is 2.16. The first-order valence-corrected chi connectivity index (χ1v) is 6.59. The van der Waals surface area contributed by atoms with Crippen LogP contribution in [0.4, 0.5) is 0 Å². The van der Waals surface area contributed by atoms with Crippen molar-refractivity contribution in [2.75, 3.05) is 0 Å². The van der Waals surface area contributed by atoms with Gasteiger partial charge in [-0.15, -0.1) is 5.73 Å². The van der Waals surface area contributed by atoms with Crippen LogP contribution in [0.5, 0.6) is 0 Å². The first kappa shape index (κ1) is 12.7. The summed E-state index contributed by atoms with van der Waals surface area (Å²) in [5, 5.41) is 0. The van der Waals surface area contributed by atoms with Crippen LogP contribution in [0.1, 0.15) is 44.7 Å². The smallest absolute Gasteiger partial charge is 0.0324 e. The molecule has 2 rings (SSSR count). The van der Waals surface area contributed by atoms with E-state index in [1.54, 1.807) is 0 Å². The van der Waals surface area contributed by atoms with E-state index in [0.29, 0.717) is 0 Å². The van der Waals surface area contributed by atoms with Crippen LogP contribution in [-0.2, 0) is 0 Å². The Bertz CT molecular complexity index is 533. The summed E-state index contributed by atoms with van der Waals surface area (Å²) in [7, 11) is 0. The van der Waals surface area contributed by atoms with Crippen molar-refractivity contribution >= 4 is 6.08 Å². The predicted molar refractivity (Wildman–Crippen MR) is 78.0 cm³/mol. The molecule has 1 aliphatic rings. The minimum atomic E-state index is 0.0423. The summed E-state index contributed by atoms with van der Waals surface area (Å²) in [4.78, 5) is 0. The number of benzene rings is 1. The van der Waals surface area contributed by atoms with Crippen LogP contribution >= 0.6 is 0 Å². The SMILES string of the molecule is CC(C)(C)C#Cc1ccccc1C=C=CC1CC1. The van der Waals surface area contributed by atoms with Crippen molar-refractivity contribution in [1.82, 2.24) is 0 Å². The summed E-state index contributed by atoms with van der Waals surface area (Å²) in [6.07, 6.45) is 6.87. The van der Waals surface area contributed by atoms with Gasteiger partial charge in [0.25, 0.3) is 0 Å². The molecule has 0 N–H and O–H groups in total. The zero-order chi connectivity index (χ0) is 13.0. The zero-order valence-corrected chi connectivity index (χ0v) is 11.5. The van der Waals surface area contributed by atoms with Crippen LogP contribution in [0.3, 0.4) is 0 Å². The quantitative estimate of drug-likeness (QED) is 0.517. The summed E-state index contributed by atoms with van der Waals surface area (Å²) in [6, 6.07) is 8.26. The van der Waals surface area contributed by atoms with Gasteiger partial charge in [-0.3, -0.25) is 0 Å². The van der Waals surface area contributed by atoms with E-state index < -0.39 is 0 Å². The normalized spacial score (nSPS) is 14.2. The van der Waals surface area contributed by atoms with Crippen molar-refractivity contribution in [3.8, 4) is 11.8 Å². The fourth-order valence-corrected chi connectivity index (χ4v) is 1.53. The lowest BCUT2D eigenvalue weighted by atomic mass is 9.96. The van der Waals surface area contributed by atoms with Gasteiger partial charge in [0, 0.05) is 11.0 Å². The molecule has 0 saturated heterocycles. The molecule has 0 aromatic heterocycles. The number of hydrogen-bond acceptors (Lipinski definition) is 0. The molecule has 0 aliphatic heterocycles. The van der Waals surface area contributed by atoms with Crippen LogP contribution in [-0.4, -0.2) is 0 Å². The van der Waals surface area contributed by atoms with Gasteiger partial charge in [-0.25, -0.2) is 0 Å². The molecule has 0 nitrogen and oxygen atoms in total. The molecule has 0 radical (unpaired) electrons. The van der Waals surface area contributed by atoms with E-state index in [9.17, 15) is 0 Å². The van der Waals surface area contributed by atoms with Gasteiger partial charge in [-0.2, -0.15) is 0 Å². The van der Waals surface area contributed by atoms with E-state index in [0.717, 1.165) is 17.0 Å². The van der Waals surface area contributed by atoms with E-state index in [2.05, 4.69) is 56.6 Å². The molecule has 0 atom stereocenters. The Kier molecular flexibility index (Phi) is 3.75. The van der Waals surface area contributed by atoms with Gasteiger partial charge in [0.05, 0.1) is 0 Å². The minimum absolute atomic E-state index is 0.0423. The molecular weight excluding hydrogens is 216 g/mol. The molecule has 1 aromatic rings. The number of allylic oxidation sites excluding steroid dienone is 1. The molecule has 18 heavy (non-hydrogen) atoms. The third kappa shape index (κ3) is 4.28. The summed E-state index contributed by atoms with van der Waals surface area (Å²) in [5.41, 5.74) is 5.57. The Morgan fingerprint density at radius 1 is 1.17 bits per heavy atom. The van der Waals surface area contributed by atoms with E-state index >= 15 is 0 Å². The molecule has 0 amide bonds. The molecule has 0 heteroatoms. The van der Waals surface area contributed by atoms with Crippen molar-refractivity contribution in [1.29, 1.82) is 0 Å². The van der Waals surface area contributed by atoms with Crippen LogP contribution in [0.2, 0.25) is 0 Å². The van der Waals surface area contributed by atoms with Gasteiger partial charge < -0.3 is 0 Å². The lowest BCUT2D eigenvalue weighted by molar-refractivity contribution is 0.571. The highest BCUT2D eigenvalue weighted by atomic mass is 14.2. The average molecular weight is 236 g/mol. The van der Waals surface area contributed by atoms with Gasteiger partial charge in [-0.05, 0) is 63.3 Å². The minimum Gasteiger partial charge on any atom is -0.124 e. The Balaban J connectivity index is 2.24. The van der Waals surface area contributed by atoms with Gasteiger partial charge in [0.2, 0.25) is 0 Å². The largest absolute Gasteiger partial charge is 0.124 e. The Morgan fingerprint density at radius 3 is 2.56 bits per heavy atom. The van der Waals surface area contributed by atoms with Gasteiger partial charge in [0.15, 0.2) is 0 Å². The monoisotopic (exact) mass is 236 g/mol. The number of rotatable bonds is 2. The molecule has 0 spiro atoms. The van der Waals surface area contributed by atoms with E-state index in [-0.39, 0.29) is 5.41 Å². The summed E-state index contributed by atoms with van der Waals surface area (Å²) >= 11 is 0. The first-order chi connectivity index (χ1) is 8.54. The third-order valence-corrected chi connectivity index (χ3v) is 2.73. The molecule has 0 heterocycles. The lowest BCUT2D eigenvalue weighted by Crippen LogP contribution is -1.99. The molecule has 1 fully saturated rings. The maximum absolute atomic E-state index is 3.28. The first-order valence-electron chi connectivity index (χ1n) is 6.59. The van der Waals surface area contributed by atoms with E-state index in [4.69, 9.17) is 0 Å². The average Bonchev–Trinajstić information content (AvgIpc) is 3.11. The van der Waals surface area contributed by atoms with Gasteiger partial charge in [0.1, 0.15) is 0 Å². The molecule has 0 unspecified atom stereocenters. The maximum atomic E-state index is 3.28. The summed E-state index contributed by atoms with van der Waals surface area (Å²) in [6.45, 7) is 6.39. The van der Waals surface area contributed by atoms with Crippen molar-refractivity contribution in [3.63, 3.8) is 0 Å². The molecule has 1 aliphatic carbocycles. The second kappa shape index (κ2) is 5.30. The standard InChI is InChI=1S/C18H20/c1-18(2,3)14-13-17-9-5-4-8-16(17)10-6-7-15-11-12-15/h4-5,7-10,15H,11-12H2,1-3H3. The van der Waals surface area contributed by atoms with Crippen LogP contribution < -0.4 is 0 Å². The number of hydrogen-bond donors (Lipinski definition) is 0. The third-order valence-electron chi connectivity index (χ3n) is 2.73. The molecule has 92 valence electrons. The van der Waals surface area contributed by atoms with Crippen LogP contribution in [0.15, 0.2) is 36.1 Å². The maximum Gasteiger partial charge on any atom is 0.0324 e. The predicted octanol–water partition coefficient (Wildman–Crippen LogP) is 4.66. The van der Waals surface area contributed by atoms with Gasteiger partial charge >= 0.3 is 0 Å². The fraction of sp³-hybridized carbons (Fsp3) is 0.389. The van der Waals surface area contributed by atoms with Crippen molar-refractivity contribution in [2.45, 2.75) is 33.6 Å². The fourth-order valence-electron chi connectivity index (χ4n) is 1.53. The highest BCUT2D eigenvalue weighted by Crippen LogP contribution is 2.29. The van der Waals surface area contributed by atoms with Crippen LogP contribution in [0.25, 0.3) is 6.08 Å². The summed E-state index contributed by atoms with van der Waals surface area (Å²) < 4.78 is 0. The molecule has 0 bridgehead atoms. The summed E-state index contributed by atoms with van der Waals surface area (Å²) in [5.74, 6) is 7.33. The molecule has 1 aromatic carbocycles. The Morgan fingerprint density at radius 2 is 1.89 bits per heavy atom. The van der Waals surface area contributed by atoms with Crippen LogP contribution in [0, 0.1) is 23.2 Å². The topological polar surface area (TPSA) is 0 Å². The van der Waals surface area contributed by atoms with Crippen molar-refractivity contribution < 1.29 is 0 Å². The Hall–Kier alpha value is -1.70.